The lowest BCUT2D eigenvalue weighted by Crippen LogP contribution is -2.43. The third kappa shape index (κ3) is 2.43. The lowest BCUT2D eigenvalue weighted by atomic mass is 10.1. The number of nitrogens with zero attached hydrogens (tertiary/aromatic N) is 5. The Kier molecular flexibility index (Phi) is 3.52. The lowest BCUT2D eigenvalue weighted by Gasteiger charge is -2.28. The molecule has 0 spiro atoms. The molecule has 1 aliphatic heterocycles. The Morgan fingerprint density at radius 3 is 2.75 bits per heavy atom. The van der Waals surface area contributed by atoms with E-state index in [9.17, 15) is 10.4 Å². The van der Waals surface area contributed by atoms with E-state index in [4.69, 9.17) is 0 Å². The average Bonchev–Trinajstić information content (AvgIpc) is 3.05. The second-order valence-corrected chi connectivity index (χ2v) is 5.72. The summed E-state index contributed by atoms with van der Waals surface area (Å²) in [5, 5.41) is 26.7. The minimum absolute atomic E-state index is 0.0938. The molecule has 0 aliphatic carbocycles. The van der Waals surface area contributed by atoms with E-state index in [0.29, 0.717) is 11.1 Å². The summed E-state index contributed by atoms with van der Waals surface area (Å²) >= 11 is 0. The number of fused-ring (bicyclic) bond motifs is 1. The van der Waals surface area contributed by atoms with Crippen molar-refractivity contribution in [3.63, 3.8) is 0 Å². The molecule has 1 aliphatic rings. The van der Waals surface area contributed by atoms with Crippen LogP contribution in [0.15, 0.2) is 36.8 Å². The minimum atomic E-state index is 0.0938. The van der Waals surface area contributed by atoms with Crippen LogP contribution in [0.5, 0.6) is 5.75 Å². The van der Waals surface area contributed by atoms with Gasteiger partial charge in [-0.3, -0.25) is 0 Å². The number of piperazine rings is 1. The number of aromatic nitrogens is 3. The van der Waals surface area contributed by atoms with Gasteiger partial charge in [-0.1, -0.05) is 0 Å². The molecule has 2 N–H and O–H groups in total. The van der Waals surface area contributed by atoms with Crippen molar-refractivity contribution < 1.29 is 5.11 Å². The van der Waals surface area contributed by atoms with Crippen LogP contribution in [0.25, 0.3) is 16.6 Å². The van der Waals surface area contributed by atoms with Gasteiger partial charge >= 0.3 is 0 Å². The molecule has 0 amide bonds. The van der Waals surface area contributed by atoms with Crippen molar-refractivity contribution in [3.8, 4) is 22.9 Å². The van der Waals surface area contributed by atoms with Crippen molar-refractivity contribution >= 4 is 11.3 Å². The Morgan fingerprint density at radius 2 is 2.04 bits per heavy atom. The number of aromatic hydroxyl groups is 1. The molecular weight excluding hydrogens is 304 g/mol. The summed E-state index contributed by atoms with van der Waals surface area (Å²) in [7, 11) is 0. The summed E-state index contributed by atoms with van der Waals surface area (Å²) in [6, 6.07) is 7.72. The second kappa shape index (κ2) is 5.83. The fourth-order valence-corrected chi connectivity index (χ4v) is 3.04. The fourth-order valence-electron chi connectivity index (χ4n) is 3.04. The van der Waals surface area contributed by atoms with Crippen LogP contribution in [0.4, 0.5) is 5.82 Å². The van der Waals surface area contributed by atoms with E-state index in [-0.39, 0.29) is 5.75 Å². The largest absolute Gasteiger partial charge is 0.506 e. The van der Waals surface area contributed by atoms with Crippen LogP contribution in [0.2, 0.25) is 0 Å². The number of hydrogen-bond acceptors (Lipinski definition) is 6. The van der Waals surface area contributed by atoms with Gasteiger partial charge in [-0.2, -0.15) is 10.4 Å². The van der Waals surface area contributed by atoms with E-state index in [1.807, 2.05) is 12.1 Å². The molecule has 1 saturated heterocycles. The summed E-state index contributed by atoms with van der Waals surface area (Å²) in [6.07, 6.45) is 4.77. The fraction of sp³-hybridized carbons (Fsp3) is 0.235. The van der Waals surface area contributed by atoms with Crippen LogP contribution in [0, 0.1) is 11.3 Å². The SMILES string of the molecule is N#Cc1cnn2cc(O)cc(-c3ccc(N4CCNCC4)nc3)c12. The molecule has 0 saturated carbocycles. The average molecular weight is 320 g/mol. The minimum Gasteiger partial charge on any atom is -0.506 e. The molecule has 1 fully saturated rings. The molecule has 4 rings (SSSR count). The number of anilines is 1. The van der Waals surface area contributed by atoms with E-state index in [1.54, 1.807) is 12.3 Å². The standard InChI is InChI=1S/C17H16N6O/c18-8-13-10-21-23-11-14(24)7-15(17(13)23)12-1-2-16(20-9-12)22-5-3-19-4-6-22/h1-2,7,9-11,19,24H,3-6H2. The zero-order valence-corrected chi connectivity index (χ0v) is 13.0. The zero-order chi connectivity index (χ0) is 16.5. The first-order chi connectivity index (χ1) is 11.8. The van der Waals surface area contributed by atoms with Gasteiger partial charge in [-0.05, 0) is 18.2 Å². The Balaban J connectivity index is 1.77. The molecule has 3 aromatic heterocycles. The smallest absolute Gasteiger partial charge is 0.134 e. The number of rotatable bonds is 2. The Morgan fingerprint density at radius 1 is 1.21 bits per heavy atom. The summed E-state index contributed by atoms with van der Waals surface area (Å²) in [5.74, 6) is 1.03. The van der Waals surface area contributed by atoms with Gasteiger partial charge in [0.05, 0.1) is 23.5 Å². The Labute approximate surface area is 138 Å². The molecular formula is C17H16N6O. The maximum Gasteiger partial charge on any atom is 0.134 e. The molecule has 120 valence electrons. The van der Waals surface area contributed by atoms with Crippen molar-refractivity contribution in [2.45, 2.75) is 0 Å². The topological polar surface area (TPSA) is 89.5 Å². The second-order valence-electron chi connectivity index (χ2n) is 5.72. The van der Waals surface area contributed by atoms with Gasteiger partial charge < -0.3 is 15.3 Å². The highest BCUT2D eigenvalue weighted by molar-refractivity contribution is 5.85. The van der Waals surface area contributed by atoms with Crippen LogP contribution < -0.4 is 10.2 Å². The van der Waals surface area contributed by atoms with E-state index in [1.165, 1.54) is 16.9 Å². The summed E-state index contributed by atoms with van der Waals surface area (Å²) in [4.78, 5) is 6.79. The van der Waals surface area contributed by atoms with Gasteiger partial charge in [0.2, 0.25) is 0 Å². The van der Waals surface area contributed by atoms with Gasteiger partial charge in [0.1, 0.15) is 17.6 Å². The highest BCUT2D eigenvalue weighted by Gasteiger charge is 2.15. The molecule has 0 aromatic carbocycles. The first-order valence-corrected chi connectivity index (χ1v) is 7.79. The molecule has 0 atom stereocenters. The molecule has 3 aromatic rings. The quantitative estimate of drug-likeness (QED) is 0.741. The third-order valence-corrected chi connectivity index (χ3v) is 4.22. The lowest BCUT2D eigenvalue weighted by molar-refractivity contribution is 0.471. The number of pyridine rings is 2. The predicted molar refractivity (Wildman–Crippen MR) is 89.9 cm³/mol. The first-order valence-electron chi connectivity index (χ1n) is 7.79. The molecule has 4 heterocycles. The van der Waals surface area contributed by atoms with E-state index in [2.05, 4.69) is 26.4 Å². The molecule has 0 unspecified atom stereocenters. The molecule has 0 radical (unpaired) electrons. The van der Waals surface area contributed by atoms with Gasteiger partial charge in [-0.15, -0.1) is 0 Å². The van der Waals surface area contributed by atoms with Crippen LogP contribution in [-0.2, 0) is 0 Å². The maximum atomic E-state index is 9.93. The molecule has 7 nitrogen and oxygen atoms in total. The number of nitrogens with one attached hydrogen (secondary N) is 1. The summed E-state index contributed by atoms with van der Waals surface area (Å²) < 4.78 is 1.52. The van der Waals surface area contributed by atoms with Crippen LogP contribution in [-0.4, -0.2) is 45.9 Å². The van der Waals surface area contributed by atoms with Gasteiger partial charge in [0.25, 0.3) is 0 Å². The van der Waals surface area contributed by atoms with Gasteiger partial charge in [-0.25, -0.2) is 9.50 Å². The van der Waals surface area contributed by atoms with E-state index in [0.717, 1.165) is 43.1 Å². The highest BCUT2D eigenvalue weighted by atomic mass is 16.3. The molecule has 0 bridgehead atoms. The predicted octanol–water partition coefficient (Wildman–Crippen LogP) is 1.38. The van der Waals surface area contributed by atoms with Gasteiger partial charge in [0, 0.05) is 43.5 Å². The third-order valence-electron chi connectivity index (χ3n) is 4.22. The normalized spacial score (nSPS) is 14.7. The summed E-state index contributed by atoms with van der Waals surface area (Å²) in [5.41, 5.74) is 2.72. The van der Waals surface area contributed by atoms with Crippen molar-refractivity contribution in [3.05, 3.63) is 42.4 Å². The van der Waals surface area contributed by atoms with Crippen LogP contribution in [0.1, 0.15) is 5.56 Å². The highest BCUT2D eigenvalue weighted by Crippen LogP contribution is 2.30. The van der Waals surface area contributed by atoms with Crippen molar-refractivity contribution in [1.29, 1.82) is 5.26 Å². The van der Waals surface area contributed by atoms with Crippen LogP contribution in [0.3, 0.4) is 0 Å². The monoisotopic (exact) mass is 320 g/mol. The summed E-state index contributed by atoms with van der Waals surface area (Å²) in [6.45, 7) is 3.78. The maximum absolute atomic E-state index is 9.93. The van der Waals surface area contributed by atoms with Crippen LogP contribution >= 0.6 is 0 Å². The molecule has 7 heteroatoms. The van der Waals surface area contributed by atoms with E-state index >= 15 is 0 Å². The number of nitriles is 1. The Bertz CT molecular complexity index is 919. The van der Waals surface area contributed by atoms with Crippen molar-refractivity contribution in [1.82, 2.24) is 19.9 Å². The first kappa shape index (κ1) is 14.5. The van der Waals surface area contributed by atoms with E-state index < -0.39 is 0 Å². The van der Waals surface area contributed by atoms with Crippen molar-refractivity contribution in [2.24, 2.45) is 0 Å². The Hall–Kier alpha value is -3.11. The van der Waals surface area contributed by atoms with Crippen molar-refractivity contribution in [2.75, 3.05) is 31.1 Å². The van der Waals surface area contributed by atoms with Gasteiger partial charge in [0.15, 0.2) is 0 Å². The zero-order valence-electron chi connectivity index (χ0n) is 13.0. The number of hydrogen-bond donors (Lipinski definition) is 2. The molecule has 24 heavy (non-hydrogen) atoms.